The smallest absolute Gasteiger partial charge is 0.160 e. The van der Waals surface area contributed by atoms with E-state index in [2.05, 4.69) is 0 Å². The number of aliphatic hydroxyl groups excluding tert-OH is 6. The Balaban J connectivity index is 2.17. The van der Waals surface area contributed by atoms with Gasteiger partial charge in [0, 0.05) is 0 Å². The molecular formula is C12H21O8. The Morgan fingerprint density at radius 1 is 0.700 bits per heavy atom. The first kappa shape index (κ1) is 16.1. The van der Waals surface area contributed by atoms with Gasteiger partial charge in [-0.25, -0.2) is 0 Å². The molecule has 0 aromatic carbocycles. The van der Waals surface area contributed by atoms with Crippen LogP contribution in [0.4, 0.5) is 0 Å². The third-order valence-electron chi connectivity index (χ3n) is 3.90. The second-order valence-corrected chi connectivity index (χ2v) is 5.38. The molecule has 0 aromatic heterocycles. The quantitative estimate of drug-likeness (QED) is 0.298. The fraction of sp³-hybridized carbons (Fsp3) is 0.917. The van der Waals surface area contributed by atoms with Crippen molar-refractivity contribution in [2.45, 2.75) is 68.8 Å². The standard InChI is InChI=1S/C12H21O8/c1-3-5(13)7(15)9(17)11(19-3)12-10(18)8(16)6(14)4(2)20-12/h3-11,13-18H,1-2H3/t3-,4-,5-,6-,7+,8+,9+,10+,11+/m0/s1. The molecule has 9 atom stereocenters. The molecule has 20 heavy (non-hydrogen) atoms. The lowest BCUT2D eigenvalue weighted by atomic mass is 9.86. The van der Waals surface area contributed by atoms with Crippen molar-refractivity contribution in [1.29, 1.82) is 0 Å². The number of ether oxygens (including phenoxy) is 2. The van der Waals surface area contributed by atoms with Gasteiger partial charge in [0.2, 0.25) is 0 Å². The average molecular weight is 293 g/mol. The predicted octanol–water partition coefficient (Wildman–Crippen LogP) is -3.11. The zero-order valence-electron chi connectivity index (χ0n) is 11.2. The summed E-state index contributed by atoms with van der Waals surface area (Å²) in [5, 5.41) is 58.6. The van der Waals surface area contributed by atoms with Gasteiger partial charge in [-0.1, -0.05) is 0 Å². The lowest BCUT2D eigenvalue weighted by Crippen LogP contribution is -2.64. The SMILES string of the molecule is C[C@@H]1O[C@@H]([C]2O[C@@H](C)[C@H](O)[C@@H](O)[C@H]2O)[C@H](O)[C@H](O)[C@H]1O. The van der Waals surface area contributed by atoms with Crippen LogP contribution in [-0.2, 0) is 9.47 Å². The number of aliphatic hydroxyl groups is 6. The molecule has 0 spiro atoms. The molecule has 2 saturated heterocycles. The summed E-state index contributed by atoms with van der Waals surface area (Å²) in [5.41, 5.74) is 0. The predicted molar refractivity (Wildman–Crippen MR) is 64.2 cm³/mol. The van der Waals surface area contributed by atoms with Gasteiger partial charge < -0.3 is 40.1 Å². The van der Waals surface area contributed by atoms with E-state index in [0.29, 0.717) is 0 Å². The van der Waals surface area contributed by atoms with Crippen LogP contribution in [0, 0.1) is 6.10 Å². The molecule has 8 nitrogen and oxygen atoms in total. The normalized spacial score (nSPS) is 54.9. The van der Waals surface area contributed by atoms with Crippen LogP contribution in [0.25, 0.3) is 0 Å². The molecule has 0 amide bonds. The summed E-state index contributed by atoms with van der Waals surface area (Å²) < 4.78 is 10.7. The number of rotatable bonds is 1. The first-order valence-electron chi connectivity index (χ1n) is 6.53. The van der Waals surface area contributed by atoms with Crippen molar-refractivity contribution >= 4 is 0 Å². The summed E-state index contributed by atoms with van der Waals surface area (Å²) in [6.07, 6.45) is -11.5. The van der Waals surface area contributed by atoms with Crippen LogP contribution in [0.5, 0.6) is 0 Å². The molecule has 0 bridgehead atoms. The Labute approximate surface area is 116 Å². The molecule has 2 rings (SSSR count). The van der Waals surface area contributed by atoms with Crippen molar-refractivity contribution in [3.8, 4) is 0 Å². The fourth-order valence-electron chi connectivity index (χ4n) is 2.51. The molecule has 6 N–H and O–H groups in total. The number of hydrogen-bond donors (Lipinski definition) is 6. The van der Waals surface area contributed by atoms with Gasteiger partial charge in [-0.3, -0.25) is 0 Å². The van der Waals surface area contributed by atoms with E-state index in [-0.39, 0.29) is 6.10 Å². The Morgan fingerprint density at radius 2 is 1.25 bits per heavy atom. The molecule has 117 valence electrons. The lowest BCUT2D eigenvalue weighted by Gasteiger charge is -2.47. The Bertz CT molecular complexity index is 307. The largest absolute Gasteiger partial charge is 0.388 e. The Kier molecular flexibility index (Phi) is 4.67. The summed E-state index contributed by atoms with van der Waals surface area (Å²) in [6.45, 7) is 2.99. The van der Waals surface area contributed by atoms with E-state index in [1.54, 1.807) is 0 Å². The Morgan fingerprint density at radius 3 is 1.85 bits per heavy atom. The van der Waals surface area contributed by atoms with Crippen LogP contribution in [0.3, 0.4) is 0 Å². The van der Waals surface area contributed by atoms with Crippen molar-refractivity contribution < 1.29 is 40.1 Å². The molecule has 2 fully saturated rings. The van der Waals surface area contributed by atoms with Gasteiger partial charge in [-0.05, 0) is 13.8 Å². The zero-order chi connectivity index (χ0) is 15.2. The van der Waals surface area contributed by atoms with Crippen molar-refractivity contribution in [2.75, 3.05) is 0 Å². The molecule has 0 aliphatic carbocycles. The average Bonchev–Trinajstić information content (AvgIpc) is 2.42. The monoisotopic (exact) mass is 293 g/mol. The maximum Gasteiger partial charge on any atom is 0.160 e. The van der Waals surface area contributed by atoms with Crippen LogP contribution in [0.2, 0.25) is 0 Å². The van der Waals surface area contributed by atoms with E-state index in [9.17, 15) is 30.6 Å². The van der Waals surface area contributed by atoms with Crippen molar-refractivity contribution in [1.82, 2.24) is 0 Å². The van der Waals surface area contributed by atoms with E-state index in [1.807, 2.05) is 0 Å². The summed E-state index contributed by atoms with van der Waals surface area (Å²) in [5.74, 6) is 0. The van der Waals surface area contributed by atoms with E-state index in [0.717, 1.165) is 0 Å². The minimum Gasteiger partial charge on any atom is -0.388 e. The van der Waals surface area contributed by atoms with Crippen LogP contribution in [0.1, 0.15) is 13.8 Å². The maximum atomic E-state index is 9.94. The lowest BCUT2D eigenvalue weighted by molar-refractivity contribution is -0.258. The first-order valence-corrected chi connectivity index (χ1v) is 6.53. The number of hydrogen-bond acceptors (Lipinski definition) is 8. The summed E-state index contributed by atoms with van der Waals surface area (Å²) >= 11 is 0. The molecule has 0 aromatic rings. The van der Waals surface area contributed by atoms with E-state index in [1.165, 1.54) is 13.8 Å². The molecule has 2 aliphatic rings. The van der Waals surface area contributed by atoms with Crippen molar-refractivity contribution in [3.05, 3.63) is 6.10 Å². The summed E-state index contributed by atoms with van der Waals surface area (Å²) in [7, 11) is 0. The van der Waals surface area contributed by atoms with Gasteiger partial charge in [-0.2, -0.15) is 0 Å². The van der Waals surface area contributed by atoms with Crippen LogP contribution >= 0.6 is 0 Å². The van der Waals surface area contributed by atoms with Gasteiger partial charge in [0.1, 0.15) is 42.7 Å². The third-order valence-corrected chi connectivity index (χ3v) is 3.90. The molecule has 0 unspecified atom stereocenters. The second kappa shape index (κ2) is 5.82. The van der Waals surface area contributed by atoms with Gasteiger partial charge in [0.25, 0.3) is 0 Å². The molecule has 2 aliphatic heterocycles. The first-order chi connectivity index (χ1) is 9.25. The fourth-order valence-corrected chi connectivity index (χ4v) is 2.51. The summed E-state index contributed by atoms with van der Waals surface area (Å²) in [6, 6.07) is 0. The molecule has 1 radical (unpaired) electrons. The molecule has 8 heteroatoms. The minimum absolute atomic E-state index is 0.166. The van der Waals surface area contributed by atoms with E-state index < -0.39 is 54.9 Å². The highest BCUT2D eigenvalue weighted by Gasteiger charge is 2.53. The highest BCUT2D eigenvalue weighted by Crippen LogP contribution is 2.35. The van der Waals surface area contributed by atoms with Crippen molar-refractivity contribution in [2.24, 2.45) is 0 Å². The maximum absolute atomic E-state index is 9.94. The van der Waals surface area contributed by atoms with Gasteiger partial charge in [0.05, 0.1) is 12.2 Å². The highest BCUT2D eigenvalue weighted by atomic mass is 16.6. The summed E-state index contributed by atoms with van der Waals surface area (Å²) in [4.78, 5) is 0. The zero-order valence-corrected chi connectivity index (χ0v) is 11.2. The highest BCUT2D eigenvalue weighted by molar-refractivity contribution is 5.11. The molecular weight excluding hydrogens is 272 g/mol. The van der Waals surface area contributed by atoms with Gasteiger partial charge >= 0.3 is 0 Å². The second-order valence-electron chi connectivity index (χ2n) is 5.38. The van der Waals surface area contributed by atoms with Crippen molar-refractivity contribution in [3.63, 3.8) is 0 Å². The van der Waals surface area contributed by atoms with Crippen LogP contribution in [0.15, 0.2) is 0 Å². The third kappa shape index (κ3) is 2.58. The molecule has 0 saturated carbocycles. The topological polar surface area (TPSA) is 140 Å². The van der Waals surface area contributed by atoms with Crippen LogP contribution < -0.4 is 0 Å². The van der Waals surface area contributed by atoms with Gasteiger partial charge in [0.15, 0.2) is 6.10 Å². The molecule has 2 heterocycles. The Hall–Kier alpha value is -0.320. The minimum atomic E-state index is -1.56. The van der Waals surface area contributed by atoms with Crippen LogP contribution in [-0.4, -0.2) is 85.6 Å². The van der Waals surface area contributed by atoms with Gasteiger partial charge in [-0.15, -0.1) is 0 Å². The van der Waals surface area contributed by atoms with E-state index in [4.69, 9.17) is 9.47 Å². The van der Waals surface area contributed by atoms with E-state index >= 15 is 0 Å².